The lowest BCUT2D eigenvalue weighted by atomic mass is 9.86. The van der Waals surface area contributed by atoms with Crippen LogP contribution in [-0.4, -0.2) is 17.6 Å². The van der Waals surface area contributed by atoms with Gasteiger partial charge < -0.3 is 0 Å². The third-order valence-electron chi connectivity index (χ3n) is 4.93. The summed E-state index contributed by atoms with van der Waals surface area (Å²) in [7, 11) is 0. The molecular weight excluding hydrogens is 367 g/mol. The molecule has 0 radical (unpaired) electrons. The van der Waals surface area contributed by atoms with Crippen LogP contribution >= 0.6 is 35.0 Å². The van der Waals surface area contributed by atoms with Crippen LogP contribution in [0.4, 0.5) is 0 Å². The lowest BCUT2D eigenvalue weighted by Crippen LogP contribution is -2.43. The first-order valence-electron chi connectivity index (χ1n) is 8.17. The fourth-order valence-corrected chi connectivity index (χ4v) is 5.12. The summed E-state index contributed by atoms with van der Waals surface area (Å²) in [5.41, 5.74) is 4.99. The molecule has 0 saturated heterocycles. The van der Waals surface area contributed by atoms with Gasteiger partial charge in [-0.15, -0.1) is 11.8 Å². The molecule has 1 aromatic rings. The predicted molar refractivity (Wildman–Crippen MR) is 97.0 cm³/mol. The first-order chi connectivity index (χ1) is 11.5. The van der Waals surface area contributed by atoms with E-state index in [0.29, 0.717) is 28.3 Å². The molecule has 0 heterocycles. The Morgan fingerprint density at radius 3 is 2.62 bits per heavy atom. The highest BCUT2D eigenvalue weighted by Crippen LogP contribution is 2.49. The summed E-state index contributed by atoms with van der Waals surface area (Å²) in [5, 5.41) is 1.12. The zero-order chi connectivity index (χ0) is 17.1. The smallest absolute Gasteiger partial charge is 0.248 e. The van der Waals surface area contributed by atoms with Crippen molar-refractivity contribution in [2.24, 2.45) is 17.8 Å². The van der Waals surface area contributed by atoms with Gasteiger partial charge in [-0.2, -0.15) is 0 Å². The number of benzene rings is 1. The van der Waals surface area contributed by atoms with Gasteiger partial charge in [-0.1, -0.05) is 29.6 Å². The summed E-state index contributed by atoms with van der Waals surface area (Å²) in [6.07, 6.45) is 5.53. The summed E-state index contributed by atoms with van der Waals surface area (Å²) in [4.78, 5) is 24.6. The number of carbonyl (C=O) groups excluding carboxylic acids is 2. The van der Waals surface area contributed by atoms with E-state index in [9.17, 15) is 9.59 Å². The zero-order valence-electron chi connectivity index (χ0n) is 13.2. The van der Waals surface area contributed by atoms with Crippen molar-refractivity contribution in [2.75, 3.05) is 5.75 Å². The van der Waals surface area contributed by atoms with Crippen LogP contribution in [0.2, 0.25) is 10.0 Å². The molecular formula is C17H20Cl2N2O2S. The second-order valence-corrected chi connectivity index (χ2v) is 8.46. The van der Waals surface area contributed by atoms with E-state index >= 15 is 0 Å². The van der Waals surface area contributed by atoms with E-state index in [-0.39, 0.29) is 17.6 Å². The van der Waals surface area contributed by atoms with E-state index in [4.69, 9.17) is 23.2 Å². The molecule has 2 aliphatic rings. The van der Waals surface area contributed by atoms with Crippen LogP contribution in [0.3, 0.4) is 0 Å². The summed E-state index contributed by atoms with van der Waals surface area (Å²) < 4.78 is 0. The van der Waals surface area contributed by atoms with Gasteiger partial charge in [0.2, 0.25) is 11.8 Å². The summed E-state index contributed by atoms with van der Waals surface area (Å²) >= 11 is 13.2. The van der Waals surface area contributed by atoms with E-state index in [1.165, 1.54) is 31.0 Å². The molecule has 2 amide bonds. The number of hydrogen-bond acceptors (Lipinski definition) is 3. The van der Waals surface area contributed by atoms with Crippen molar-refractivity contribution in [3.63, 3.8) is 0 Å². The van der Waals surface area contributed by atoms with Crippen molar-refractivity contribution in [1.29, 1.82) is 0 Å². The number of nitrogens with one attached hydrogen (secondary N) is 2. The van der Waals surface area contributed by atoms with Crippen molar-refractivity contribution in [3.05, 3.63) is 28.2 Å². The SMILES string of the molecule is O=C(CSc1cc(Cl)ccc1Cl)NNC(=O)CC1CC2CCC1C2. The minimum Gasteiger partial charge on any atom is -0.273 e. The number of carbonyl (C=O) groups is 2. The molecule has 2 N–H and O–H groups in total. The van der Waals surface area contributed by atoms with Gasteiger partial charge in [-0.05, 0) is 55.2 Å². The van der Waals surface area contributed by atoms with E-state index in [1.807, 2.05) is 0 Å². The molecule has 24 heavy (non-hydrogen) atoms. The Hall–Kier alpha value is -0.910. The van der Waals surface area contributed by atoms with Crippen molar-refractivity contribution in [1.82, 2.24) is 10.9 Å². The van der Waals surface area contributed by atoms with Crippen LogP contribution in [-0.2, 0) is 9.59 Å². The van der Waals surface area contributed by atoms with Crippen LogP contribution in [0, 0.1) is 17.8 Å². The molecule has 130 valence electrons. The fraction of sp³-hybridized carbons (Fsp3) is 0.529. The first-order valence-corrected chi connectivity index (χ1v) is 9.91. The van der Waals surface area contributed by atoms with E-state index in [0.717, 1.165) is 17.2 Å². The topological polar surface area (TPSA) is 58.2 Å². The van der Waals surface area contributed by atoms with Crippen molar-refractivity contribution in [2.45, 2.75) is 37.0 Å². The minimum absolute atomic E-state index is 0.105. The zero-order valence-corrected chi connectivity index (χ0v) is 15.5. The molecule has 4 nitrogen and oxygen atoms in total. The molecule has 2 saturated carbocycles. The molecule has 2 aliphatic carbocycles. The number of amides is 2. The summed E-state index contributed by atoms with van der Waals surface area (Å²) in [6.45, 7) is 0. The number of thioether (sulfide) groups is 1. The normalized spacial score (nSPS) is 24.8. The monoisotopic (exact) mass is 386 g/mol. The maximum atomic E-state index is 12.0. The van der Waals surface area contributed by atoms with Gasteiger partial charge in [0.15, 0.2) is 0 Å². The van der Waals surface area contributed by atoms with Gasteiger partial charge >= 0.3 is 0 Å². The van der Waals surface area contributed by atoms with Crippen LogP contribution in [0.15, 0.2) is 23.1 Å². The van der Waals surface area contributed by atoms with E-state index in [2.05, 4.69) is 10.9 Å². The van der Waals surface area contributed by atoms with E-state index in [1.54, 1.807) is 18.2 Å². The Balaban J connectivity index is 1.37. The Kier molecular flexibility index (Phi) is 5.95. The van der Waals surface area contributed by atoms with Crippen LogP contribution in [0.1, 0.15) is 32.1 Å². The number of fused-ring (bicyclic) bond motifs is 2. The second kappa shape index (κ2) is 7.98. The fourth-order valence-electron chi connectivity index (χ4n) is 3.82. The van der Waals surface area contributed by atoms with Gasteiger partial charge in [0, 0.05) is 16.3 Å². The molecule has 3 atom stereocenters. The van der Waals surface area contributed by atoms with Gasteiger partial charge in [0.25, 0.3) is 0 Å². The highest BCUT2D eigenvalue weighted by atomic mass is 35.5. The van der Waals surface area contributed by atoms with Crippen molar-refractivity contribution in [3.8, 4) is 0 Å². The number of rotatable bonds is 5. The third kappa shape index (κ3) is 4.58. The number of hydrogen-bond donors (Lipinski definition) is 2. The number of halogens is 2. The Morgan fingerprint density at radius 1 is 1.12 bits per heavy atom. The molecule has 2 fully saturated rings. The van der Waals surface area contributed by atoms with Crippen LogP contribution in [0.25, 0.3) is 0 Å². The highest BCUT2D eigenvalue weighted by Gasteiger charge is 2.40. The van der Waals surface area contributed by atoms with Gasteiger partial charge in [-0.25, -0.2) is 0 Å². The molecule has 7 heteroatoms. The largest absolute Gasteiger partial charge is 0.273 e. The Bertz CT molecular complexity index is 641. The lowest BCUT2D eigenvalue weighted by molar-refractivity contribution is -0.128. The molecule has 0 spiro atoms. The third-order valence-corrected chi connectivity index (χ3v) is 6.66. The molecule has 3 rings (SSSR count). The molecule has 3 unspecified atom stereocenters. The average Bonchev–Trinajstić information content (AvgIpc) is 3.16. The molecule has 2 bridgehead atoms. The summed E-state index contributed by atoms with van der Waals surface area (Å²) in [6, 6.07) is 5.11. The van der Waals surface area contributed by atoms with Gasteiger partial charge in [0.05, 0.1) is 10.8 Å². The van der Waals surface area contributed by atoms with Gasteiger partial charge in [0.1, 0.15) is 0 Å². The molecule has 0 aliphatic heterocycles. The quantitative estimate of drug-likeness (QED) is 0.592. The van der Waals surface area contributed by atoms with E-state index < -0.39 is 0 Å². The van der Waals surface area contributed by atoms with Crippen molar-refractivity contribution < 1.29 is 9.59 Å². The first kappa shape index (κ1) is 17.9. The van der Waals surface area contributed by atoms with Gasteiger partial charge in [-0.3, -0.25) is 20.4 Å². The standard InChI is InChI=1S/C17H20Cl2N2O2S/c18-13-3-4-14(19)15(8-13)24-9-17(23)21-20-16(22)7-12-6-10-1-2-11(12)5-10/h3-4,8,10-12H,1-2,5-7,9H2,(H,20,22)(H,21,23). The highest BCUT2D eigenvalue weighted by molar-refractivity contribution is 8.00. The minimum atomic E-state index is -0.266. The summed E-state index contributed by atoms with van der Waals surface area (Å²) in [5.74, 6) is 1.80. The van der Waals surface area contributed by atoms with Crippen LogP contribution in [0.5, 0.6) is 0 Å². The Morgan fingerprint density at radius 2 is 1.92 bits per heavy atom. The maximum absolute atomic E-state index is 12.0. The van der Waals surface area contributed by atoms with Crippen molar-refractivity contribution >= 4 is 46.8 Å². The predicted octanol–water partition coefficient (Wildman–Crippen LogP) is 4.06. The van der Waals surface area contributed by atoms with Crippen LogP contribution < -0.4 is 10.9 Å². The lowest BCUT2D eigenvalue weighted by Gasteiger charge is -2.20. The number of hydrazine groups is 1. The second-order valence-electron chi connectivity index (χ2n) is 6.60. The molecule has 0 aromatic heterocycles. The average molecular weight is 387 g/mol. The Labute approximate surface area is 156 Å². The maximum Gasteiger partial charge on any atom is 0.248 e. The molecule has 1 aromatic carbocycles.